The van der Waals surface area contributed by atoms with Crippen molar-refractivity contribution in [1.29, 1.82) is 0 Å². The van der Waals surface area contributed by atoms with Crippen LogP contribution in [0.5, 0.6) is 11.5 Å². The molecule has 1 saturated heterocycles. The van der Waals surface area contributed by atoms with Gasteiger partial charge < -0.3 is 24.6 Å². The minimum atomic E-state index is -0.589. The fraction of sp³-hybridized carbons (Fsp3) is 0.391. The number of methoxy groups -OCH3 is 1. The Hall–Kier alpha value is -3.22. The van der Waals surface area contributed by atoms with Gasteiger partial charge in [-0.05, 0) is 55.3 Å². The lowest BCUT2D eigenvalue weighted by atomic mass is 10.1. The maximum Gasteiger partial charge on any atom is 0.312 e. The van der Waals surface area contributed by atoms with E-state index in [-0.39, 0.29) is 13.2 Å². The van der Waals surface area contributed by atoms with E-state index in [2.05, 4.69) is 42.3 Å². The van der Waals surface area contributed by atoms with E-state index < -0.39 is 11.8 Å². The molecule has 2 aromatic rings. The first-order valence-electron chi connectivity index (χ1n) is 10.1. The van der Waals surface area contributed by atoms with E-state index >= 15 is 0 Å². The number of anilines is 1. The number of benzene rings is 2. The molecule has 7 nitrogen and oxygen atoms in total. The van der Waals surface area contributed by atoms with Crippen LogP contribution < -0.4 is 19.7 Å². The topological polar surface area (TPSA) is 71.1 Å². The van der Waals surface area contributed by atoms with Crippen molar-refractivity contribution in [3.8, 4) is 11.5 Å². The summed E-state index contributed by atoms with van der Waals surface area (Å²) in [5, 5.41) is 2.64. The third-order valence-electron chi connectivity index (χ3n) is 5.39. The van der Waals surface area contributed by atoms with Crippen LogP contribution in [-0.2, 0) is 9.59 Å². The Morgan fingerprint density at radius 1 is 0.967 bits per heavy atom. The Bertz CT molecular complexity index is 875. The van der Waals surface area contributed by atoms with Gasteiger partial charge in [0, 0.05) is 31.9 Å². The summed E-state index contributed by atoms with van der Waals surface area (Å²) < 4.78 is 10.7. The molecule has 0 radical (unpaired) electrons. The Labute approximate surface area is 177 Å². The molecule has 0 aliphatic carbocycles. The fourth-order valence-electron chi connectivity index (χ4n) is 3.45. The molecule has 0 aromatic heterocycles. The van der Waals surface area contributed by atoms with Gasteiger partial charge in [0.2, 0.25) is 0 Å². The van der Waals surface area contributed by atoms with Crippen LogP contribution >= 0.6 is 0 Å². The zero-order valence-corrected chi connectivity index (χ0v) is 17.8. The first kappa shape index (κ1) is 21.5. The lowest BCUT2D eigenvalue weighted by Gasteiger charge is -2.36. The van der Waals surface area contributed by atoms with Crippen molar-refractivity contribution < 1.29 is 19.1 Å². The van der Waals surface area contributed by atoms with Gasteiger partial charge in [0.25, 0.3) is 0 Å². The highest BCUT2D eigenvalue weighted by Crippen LogP contribution is 2.23. The molecular formula is C23H29N3O4. The van der Waals surface area contributed by atoms with Crippen LogP contribution in [-0.4, -0.2) is 63.2 Å². The minimum Gasteiger partial charge on any atom is -0.497 e. The average Bonchev–Trinajstić information content (AvgIpc) is 2.78. The van der Waals surface area contributed by atoms with Crippen LogP contribution in [0.2, 0.25) is 0 Å². The largest absolute Gasteiger partial charge is 0.497 e. The van der Waals surface area contributed by atoms with Crippen molar-refractivity contribution in [2.75, 3.05) is 51.3 Å². The number of hydrogen-bond donors (Lipinski definition) is 1. The highest BCUT2D eigenvalue weighted by Gasteiger charge is 2.26. The average molecular weight is 412 g/mol. The van der Waals surface area contributed by atoms with Gasteiger partial charge in [-0.2, -0.15) is 0 Å². The second-order valence-corrected chi connectivity index (χ2v) is 7.28. The molecule has 1 fully saturated rings. The van der Waals surface area contributed by atoms with Gasteiger partial charge in [0.05, 0.1) is 13.7 Å². The van der Waals surface area contributed by atoms with Crippen molar-refractivity contribution in [2.45, 2.75) is 13.8 Å². The van der Waals surface area contributed by atoms with Gasteiger partial charge in [-0.3, -0.25) is 9.59 Å². The number of carbonyl (C=O) groups is 2. The van der Waals surface area contributed by atoms with E-state index in [1.165, 1.54) is 16.8 Å². The van der Waals surface area contributed by atoms with E-state index in [1.54, 1.807) is 36.3 Å². The molecule has 2 amide bonds. The van der Waals surface area contributed by atoms with Crippen LogP contribution in [0.15, 0.2) is 42.5 Å². The summed E-state index contributed by atoms with van der Waals surface area (Å²) in [6.07, 6.45) is 0. The normalized spacial score (nSPS) is 13.7. The summed E-state index contributed by atoms with van der Waals surface area (Å²) in [6.45, 7) is 7.24. The molecule has 1 aliphatic heterocycles. The van der Waals surface area contributed by atoms with E-state index in [1.807, 2.05) is 0 Å². The Kier molecular flexibility index (Phi) is 7.17. The molecule has 0 spiro atoms. The summed E-state index contributed by atoms with van der Waals surface area (Å²) in [5.74, 6) is 0.353. The van der Waals surface area contributed by atoms with Crippen molar-refractivity contribution >= 4 is 17.5 Å². The smallest absolute Gasteiger partial charge is 0.312 e. The van der Waals surface area contributed by atoms with Crippen LogP contribution in [0.25, 0.3) is 0 Å². The standard InChI is InChI=1S/C23H29N3O4/c1-17-5-4-6-21(18(17)2)25-12-14-26(15-13-25)23(28)22(27)24-11-16-30-20-9-7-19(29-3)8-10-20/h4-10H,11-16H2,1-3H3,(H,24,27). The molecule has 2 aromatic carbocycles. The third kappa shape index (κ3) is 5.23. The quantitative estimate of drug-likeness (QED) is 0.583. The first-order valence-corrected chi connectivity index (χ1v) is 10.1. The molecule has 1 aliphatic rings. The molecule has 1 N–H and O–H groups in total. The number of rotatable bonds is 6. The van der Waals surface area contributed by atoms with Gasteiger partial charge in [-0.25, -0.2) is 0 Å². The number of hydrogen-bond acceptors (Lipinski definition) is 5. The maximum atomic E-state index is 12.4. The summed E-state index contributed by atoms with van der Waals surface area (Å²) in [5.41, 5.74) is 3.70. The first-order chi connectivity index (χ1) is 14.5. The Morgan fingerprint density at radius 2 is 1.63 bits per heavy atom. The van der Waals surface area contributed by atoms with Gasteiger partial charge in [-0.1, -0.05) is 12.1 Å². The van der Waals surface area contributed by atoms with Gasteiger partial charge >= 0.3 is 11.8 Å². The van der Waals surface area contributed by atoms with E-state index in [9.17, 15) is 9.59 Å². The lowest BCUT2D eigenvalue weighted by Crippen LogP contribution is -2.53. The molecule has 0 unspecified atom stereocenters. The third-order valence-corrected chi connectivity index (χ3v) is 5.39. The zero-order chi connectivity index (χ0) is 21.5. The van der Waals surface area contributed by atoms with Gasteiger partial charge in [-0.15, -0.1) is 0 Å². The van der Waals surface area contributed by atoms with E-state index in [0.717, 1.165) is 5.75 Å². The molecule has 30 heavy (non-hydrogen) atoms. The van der Waals surface area contributed by atoms with Crippen molar-refractivity contribution in [1.82, 2.24) is 10.2 Å². The van der Waals surface area contributed by atoms with Crippen molar-refractivity contribution in [3.05, 3.63) is 53.6 Å². The summed E-state index contributed by atoms with van der Waals surface area (Å²) in [7, 11) is 1.60. The molecular weight excluding hydrogens is 382 g/mol. The number of nitrogens with one attached hydrogen (secondary N) is 1. The summed E-state index contributed by atoms with van der Waals surface area (Å²) in [6, 6.07) is 13.4. The highest BCUT2D eigenvalue weighted by molar-refractivity contribution is 6.35. The van der Waals surface area contributed by atoms with Crippen LogP contribution in [0.4, 0.5) is 5.69 Å². The predicted molar refractivity (Wildman–Crippen MR) is 116 cm³/mol. The fourth-order valence-corrected chi connectivity index (χ4v) is 3.45. The van der Waals surface area contributed by atoms with Crippen molar-refractivity contribution in [2.24, 2.45) is 0 Å². The minimum absolute atomic E-state index is 0.263. The zero-order valence-electron chi connectivity index (χ0n) is 17.8. The van der Waals surface area contributed by atoms with Crippen LogP contribution in [0.1, 0.15) is 11.1 Å². The van der Waals surface area contributed by atoms with E-state index in [0.29, 0.717) is 31.9 Å². The SMILES string of the molecule is COc1ccc(OCCNC(=O)C(=O)N2CCN(c3cccc(C)c3C)CC2)cc1. The molecule has 3 rings (SSSR count). The Morgan fingerprint density at radius 3 is 2.30 bits per heavy atom. The Balaban J connectivity index is 1.41. The second kappa shape index (κ2) is 10.0. The van der Waals surface area contributed by atoms with Crippen molar-refractivity contribution in [3.63, 3.8) is 0 Å². The van der Waals surface area contributed by atoms with E-state index in [4.69, 9.17) is 9.47 Å². The second-order valence-electron chi connectivity index (χ2n) is 7.28. The number of nitrogens with zero attached hydrogens (tertiary/aromatic N) is 2. The number of ether oxygens (including phenoxy) is 2. The summed E-state index contributed by atoms with van der Waals surface area (Å²) >= 11 is 0. The number of aryl methyl sites for hydroxylation is 1. The number of piperazine rings is 1. The lowest BCUT2D eigenvalue weighted by molar-refractivity contribution is -0.146. The molecule has 0 saturated carbocycles. The molecule has 0 bridgehead atoms. The predicted octanol–water partition coefficient (Wildman–Crippen LogP) is 2.16. The molecule has 7 heteroatoms. The maximum absolute atomic E-state index is 12.4. The number of amides is 2. The molecule has 1 heterocycles. The van der Waals surface area contributed by atoms with Gasteiger partial charge in [0.1, 0.15) is 18.1 Å². The number of carbonyl (C=O) groups excluding carboxylic acids is 2. The monoisotopic (exact) mass is 411 g/mol. The summed E-state index contributed by atoms with van der Waals surface area (Å²) in [4.78, 5) is 28.5. The van der Waals surface area contributed by atoms with Gasteiger partial charge in [0.15, 0.2) is 0 Å². The molecule has 0 atom stereocenters. The van der Waals surface area contributed by atoms with Crippen LogP contribution in [0.3, 0.4) is 0 Å². The highest BCUT2D eigenvalue weighted by atomic mass is 16.5. The van der Waals surface area contributed by atoms with Crippen LogP contribution in [0, 0.1) is 13.8 Å². The molecule has 160 valence electrons.